The van der Waals surface area contributed by atoms with Crippen molar-refractivity contribution in [3.05, 3.63) is 0 Å². The quantitative estimate of drug-likeness (QED) is 0.656. The predicted molar refractivity (Wildman–Crippen MR) is 68.3 cm³/mol. The van der Waals surface area contributed by atoms with E-state index < -0.39 is 10.0 Å². The fourth-order valence-electron chi connectivity index (χ4n) is 2.20. The van der Waals surface area contributed by atoms with Gasteiger partial charge < -0.3 is 10.0 Å². The highest BCUT2D eigenvalue weighted by atomic mass is 32.2. The summed E-state index contributed by atoms with van der Waals surface area (Å²) in [6, 6.07) is 0. The van der Waals surface area contributed by atoms with Gasteiger partial charge in [0.15, 0.2) is 0 Å². The third-order valence-electron chi connectivity index (χ3n) is 3.29. The zero-order chi connectivity index (χ0) is 12.9. The molecule has 0 aromatic heterocycles. The molecule has 0 saturated carbocycles. The summed E-state index contributed by atoms with van der Waals surface area (Å²) in [7, 11) is 0.591. The monoisotopic (exact) mass is 264 g/mol. The number of likely N-dealkylation sites (tertiary alicyclic amines) is 1. The molecule has 5 nitrogen and oxygen atoms in total. The highest BCUT2D eigenvalue weighted by molar-refractivity contribution is 7.89. The Labute approximate surface area is 104 Å². The Morgan fingerprint density at radius 3 is 2.65 bits per heavy atom. The molecule has 1 fully saturated rings. The van der Waals surface area contributed by atoms with E-state index in [2.05, 4.69) is 11.9 Å². The molecule has 1 rings (SSSR count). The van der Waals surface area contributed by atoms with Gasteiger partial charge in [0.1, 0.15) is 0 Å². The summed E-state index contributed by atoms with van der Waals surface area (Å²) in [5, 5.41) is 8.65. The number of rotatable bonds is 7. The van der Waals surface area contributed by atoms with Crippen LogP contribution in [0, 0.1) is 5.92 Å². The number of hydrogen-bond acceptors (Lipinski definition) is 4. The zero-order valence-corrected chi connectivity index (χ0v) is 11.6. The van der Waals surface area contributed by atoms with Crippen molar-refractivity contribution in [2.24, 2.45) is 5.92 Å². The van der Waals surface area contributed by atoms with E-state index >= 15 is 0 Å². The van der Waals surface area contributed by atoms with E-state index in [1.807, 2.05) is 0 Å². The highest BCUT2D eigenvalue weighted by Crippen LogP contribution is 2.16. The maximum atomic E-state index is 11.9. The van der Waals surface area contributed by atoms with E-state index in [0.29, 0.717) is 25.3 Å². The van der Waals surface area contributed by atoms with Crippen LogP contribution >= 0.6 is 0 Å². The van der Waals surface area contributed by atoms with Gasteiger partial charge in [0.25, 0.3) is 0 Å². The van der Waals surface area contributed by atoms with Crippen molar-refractivity contribution in [3.8, 4) is 0 Å². The maximum Gasteiger partial charge on any atom is 0.213 e. The molecule has 102 valence electrons. The van der Waals surface area contributed by atoms with Gasteiger partial charge in [0.2, 0.25) is 10.0 Å². The van der Waals surface area contributed by atoms with E-state index in [-0.39, 0.29) is 12.4 Å². The Balaban J connectivity index is 2.37. The van der Waals surface area contributed by atoms with Gasteiger partial charge in [-0.1, -0.05) is 0 Å². The average molecular weight is 264 g/mol. The Bertz CT molecular complexity index is 319. The lowest BCUT2D eigenvalue weighted by molar-refractivity contribution is 0.286. The van der Waals surface area contributed by atoms with Crippen LogP contribution < -0.4 is 0 Å². The number of nitrogens with zero attached hydrogens (tertiary/aromatic N) is 2. The van der Waals surface area contributed by atoms with Crippen LogP contribution in [0.1, 0.15) is 19.3 Å². The van der Waals surface area contributed by atoms with Gasteiger partial charge in [-0.25, -0.2) is 12.7 Å². The molecular formula is C11H24N2O3S. The lowest BCUT2D eigenvalue weighted by atomic mass is 10.1. The van der Waals surface area contributed by atoms with Crippen molar-refractivity contribution in [3.63, 3.8) is 0 Å². The molecule has 0 amide bonds. The first kappa shape index (κ1) is 14.9. The lowest BCUT2D eigenvalue weighted by Gasteiger charge is -2.20. The third-order valence-corrected chi connectivity index (χ3v) is 5.19. The Kier molecular flexibility index (Phi) is 5.85. The fourth-order valence-corrected chi connectivity index (χ4v) is 3.52. The molecule has 1 saturated heterocycles. The van der Waals surface area contributed by atoms with Crippen molar-refractivity contribution in [2.45, 2.75) is 19.3 Å². The fraction of sp³-hybridized carbons (Fsp3) is 1.00. The smallest absolute Gasteiger partial charge is 0.213 e. The number of unbranched alkanes of at least 4 members (excludes halogenated alkanes) is 1. The van der Waals surface area contributed by atoms with Crippen LogP contribution in [0.3, 0.4) is 0 Å². The molecule has 0 aromatic rings. The first-order valence-corrected chi connectivity index (χ1v) is 7.80. The minimum absolute atomic E-state index is 0.0622. The van der Waals surface area contributed by atoms with Gasteiger partial charge in [-0.3, -0.25) is 0 Å². The summed E-state index contributed by atoms with van der Waals surface area (Å²) in [5.41, 5.74) is 0. The first-order valence-electron chi connectivity index (χ1n) is 6.19. The van der Waals surface area contributed by atoms with Crippen LogP contribution in [-0.4, -0.2) is 68.8 Å². The van der Waals surface area contributed by atoms with Crippen LogP contribution in [-0.2, 0) is 10.0 Å². The number of aliphatic hydroxyl groups excluding tert-OH is 1. The number of sulfonamides is 1. The van der Waals surface area contributed by atoms with Crippen molar-refractivity contribution in [1.29, 1.82) is 0 Å². The Morgan fingerprint density at radius 1 is 1.41 bits per heavy atom. The molecule has 0 bridgehead atoms. The summed E-state index contributed by atoms with van der Waals surface area (Å²) < 4.78 is 25.3. The predicted octanol–water partition coefficient (Wildman–Crippen LogP) is -0.0278. The van der Waals surface area contributed by atoms with Crippen molar-refractivity contribution in [2.75, 3.05) is 46.1 Å². The molecule has 1 aliphatic rings. The van der Waals surface area contributed by atoms with Crippen molar-refractivity contribution < 1.29 is 13.5 Å². The van der Waals surface area contributed by atoms with Gasteiger partial charge >= 0.3 is 0 Å². The van der Waals surface area contributed by atoms with Gasteiger partial charge in [0, 0.05) is 26.7 Å². The van der Waals surface area contributed by atoms with Crippen molar-refractivity contribution >= 4 is 10.0 Å². The SMILES string of the molecule is CN1CCC(CN(C)S(=O)(=O)CCCCO)C1. The second kappa shape index (κ2) is 6.68. The van der Waals surface area contributed by atoms with Crippen molar-refractivity contribution in [1.82, 2.24) is 9.21 Å². The minimum Gasteiger partial charge on any atom is -0.396 e. The topological polar surface area (TPSA) is 60.9 Å². The standard InChI is InChI=1S/C11H24N2O3S/c1-12-6-5-11(9-12)10-13(2)17(15,16)8-4-3-7-14/h11,14H,3-10H2,1-2H3. The molecule has 1 N–H and O–H groups in total. The molecule has 0 radical (unpaired) electrons. The molecule has 1 unspecified atom stereocenters. The zero-order valence-electron chi connectivity index (χ0n) is 10.8. The molecule has 1 aliphatic heterocycles. The van der Waals surface area contributed by atoms with E-state index in [1.165, 1.54) is 4.31 Å². The summed E-state index contributed by atoms with van der Waals surface area (Å²) in [4.78, 5) is 2.23. The molecular weight excluding hydrogens is 240 g/mol. The third kappa shape index (κ3) is 4.91. The van der Waals surface area contributed by atoms with Crippen LogP contribution in [0.15, 0.2) is 0 Å². The Morgan fingerprint density at radius 2 is 2.12 bits per heavy atom. The number of hydrogen-bond donors (Lipinski definition) is 1. The molecule has 1 atom stereocenters. The van der Waals surface area contributed by atoms with Gasteiger partial charge in [-0.2, -0.15) is 0 Å². The maximum absolute atomic E-state index is 11.9. The summed E-state index contributed by atoms with van der Waals surface area (Å²) >= 11 is 0. The summed E-state index contributed by atoms with van der Waals surface area (Å²) in [5.74, 6) is 0.602. The molecule has 6 heteroatoms. The minimum atomic E-state index is -3.13. The molecule has 0 spiro atoms. The Hall–Kier alpha value is -0.170. The van der Waals surface area contributed by atoms with Gasteiger partial charge in [-0.05, 0) is 38.8 Å². The van der Waals surface area contributed by atoms with Gasteiger partial charge in [-0.15, -0.1) is 0 Å². The van der Waals surface area contributed by atoms with E-state index in [1.54, 1.807) is 7.05 Å². The molecule has 0 aromatic carbocycles. The van der Waals surface area contributed by atoms with E-state index in [0.717, 1.165) is 19.5 Å². The molecule has 1 heterocycles. The van der Waals surface area contributed by atoms with Crippen LogP contribution in [0.4, 0.5) is 0 Å². The molecule has 0 aliphatic carbocycles. The van der Waals surface area contributed by atoms with E-state index in [9.17, 15) is 8.42 Å². The van der Waals surface area contributed by atoms with Crippen LogP contribution in [0.25, 0.3) is 0 Å². The second-order valence-corrected chi connectivity index (χ2v) is 7.14. The lowest BCUT2D eigenvalue weighted by Crippen LogP contribution is -2.34. The molecule has 17 heavy (non-hydrogen) atoms. The second-order valence-electron chi connectivity index (χ2n) is 4.94. The summed E-state index contributed by atoms with van der Waals surface area (Å²) in [6.45, 7) is 2.72. The van der Waals surface area contributed by atoms with Gasteiger partial charge in [0.05, 0.1) is 5.75 Å². The first-order chi connectivity index (χ1) is 7.95. The van der Waals surface area contributed by atoms with E-state index in [4.69, 9.17) is 5.11 Å². The van der Waals surface area contributed by atoms with Crippen LogP contribution in [0.2, 0.25) is 0 Å². The average Bonchev–Trinajstić information content (AvgIpc) is 2.64. The largest absolute Gasteiger partial charge is 0.396 e. The number of aliphatic hydroxyl groups is 1. The normalized spacial score (nSPS) is 22.5. The van der Waals surface area contributed by atoms with Crippen LogP contribution in [0.5, 0.6) is 0 Å². The highest BCUT2D eigenvalue weighted by Gasteiger charge is 2.25. The summed E-state index contributed by atoms with van der Waals surface area (Å²) in [6.07, 6.45) is 2.17.